The molecule has 3 rings (SSSR count). The Kier molecular flexibility index (Phi) is 5.58. The topological polar surface area (TPSA) is 40.6 Å². The summed E-state index contributed by atoms with van der Waals surface area (Å²) in [6, 6.07) is 2.98. The van der Waals surface area contributed by atoms with E-state index in [0.29, 0.717) is 26.1 Å². The Balaban J connectivity index is 1.75. The van der Waals surface area contributed by atoms with E-state index in [1.54, 1.807) is 4.90 Å². The van der Waals surface area contributed by atoms with Gasteiger partial charge >= 0.3 is 0 Å². The van der Waals surface area contributed by atoms with Crippen molar-refractivity contribution in [2.45, 2.75) is 45.4 Å². The van der Waals surface area contributed by atoms with E-state index < -0.39 is 17.5 Å². The molecule has 1 spiro atoms. The van der Waals surface area contributed by atoms with E-state index in [1.807, 2.05) is 4.90 Å². The highest BCUT2D eigenvalue weighted by Gasteiger charge is 2.42. The molecule has 0 saturated carbocycles. The highest BCUT2D eigenvalue weighted by atomic mass is 19.1. The van der Waals surface area contributed by atoms with Crippen LogP contribution in [0.1, 0.15) is 55.8 Å². The number of halogens is 2. The first kappa shape index (κ1) is 18.8. The van der Waals surface area contributed by atoms with Crippen molar-refractivity contribution >= 4 is 11.8 Å². The average Bonchev–Trinajstić information content (AvgIpc) is 2.64. The molecule has 1 atom stereocenters. The lowest BCUT2D eigenvalue weighted by molar-refractivity contribution is -0.139. The Bertz CT molecular complexity index is 694. The van der Waals surface area contributed by atoms with Crippen LogP contribution in [0, 0.1) is 17.0 Å². The first-order chi connectivity index (χ1) is 12.4. The number of hydrogen-bond acceptors (Lipinski definition) is 2. The Morgan fingerprint density at radius 1 is 1.23 bits per heavy atom. The summed E-state index contributed by atoms with van der Waals surface area (Å²) in [6.07, 6.45) is 5.03. The van der Waals surface area contributed by atoms with Crippen LogP contribution in [0.5, 0.6) is 0 Å². The number of carbonyl (C=O) groups is 2. The van der Waals surface area contributed by atoms with Crippen LogP contribution in [0.3, 0.4) is 0 Å². The van der Waals surface area contributed by atoms with Crippen LogP contribution in [0.15, 0.2) is 18.2 Å². The molecule has 0 unspecified atom stereocenters. The van der Waals surface area contributed by atoms with Crippen molar-refractivity contribution < 1.29 is 18.4 Å². The highest BCUT2D eigenvalue weighted by Crippen LogP contribution is 2.39. The van der Waals surface area contributed by atoms with Gasteiger partial charge in [0, 0.05) is 38.0 Å². The SMILES string of the molecule is CCCCN1C[C@@]2(CCCN(C(=O)c3cc(F)ccc3F)C2)CCC1=O. The molecule has 2 saturated heterocycles. The van der Waals surface area contributed by atoms with Gasteiger partial charge in [-0.2, -0.15) is 0 Å². The zero-order valence-electron chi connectivity index (χ0n) is 15.3. The van der Waals surface area contributed by atoms with Gasteiger partial charge in [0.05, 0.1) is 5.56 Å². The van der Waals surface area contributed by atoms with Gasteiger partial charge in [-0.3, -0.25) is 9.59 Å². The summed E-state index contributed by atoms with van der Waals surface area (Å²) in [4.78, 5) is 28.5. The maximum absolute atomic E-state index is 14.0. The molecule has 4 nitrogen and oxygen atoms in total. The van der Waals surface area contributed by atoms with Crippen molar-refractivity contribution in [3.05, 3.63) is 35.4 Å². The zero-order valence-corrected chi connectivity index (χ0v) is 15.3. The van der Waals surface area contributed by atoms with Crippen molar-refractivity contribution in [3.63, 3.8) is 0 Å². The predicted octanol–water partition coefficient (Wildman–Crippen LogP) is 3.61. The fourth-order valence-corrected chi connectivity index (χ4v) is 4.20. The van der Waals surface area contributed by atoms with Gasteiger partial charge in [0.1, 0.15) is 11.6 Å². The summed E-state index contributed by atoms with van der Waals surface area (Å²) in [5.74, 6) is -1.59. The fourth-order valence-electron chi connectivity index (χ4n) is 4.20. The molecule has 1 aromatic carbocycles. The highest BCUT2D eigenvalue weighted by molar-refractivity contribution is 5.94. The van der Waals surface area contributed by atoms with Crippen molar-refractivity contribution in [1.82, 2.24) is 9.80 Å². The predicted molar refractivity (Wildman–Crippen MR) is 94.7 cm³/mol. The van der Waals surface area contributed by atoms with Gasteiger partial charge in [0.15, 0.2) is 0 Å². The van der Waals surface area contributed by atoms with E-state index >= 15 is 0 Å². The molecular weight excluding hydrogens is 338 g/mol. The summed E-state index contributed by atoms with van der Waals surface area (Å²) in [7, 11) is 0. The number of amides is 2. The molecule has 2 aliphatic rings. The second kappa shape index (κ2) is 7.72. The van der Waals surface area contributed by atoms with Crippen LogP contribution < -0.4 is 0 Å². The molecule has 2 fully saturated rings. The lowest BCUT2D eigenvalue weighted by Gasteiger charge is -2.48. The summed E-state index contributed by atoms with van der Waals surface area (Å²) < 4.78 is 27.4. The first-order valence-electron chi connectivity index (χ1n) is 9.46. The third-order valence-corrected chi connectivity index (χ3v) is 5.64. The van der Waals surface area contributed by atoms with E-state index in [-0.39, 0.29) is 16.9 Å². The van der Waals surface area contributed by atoms with Crippen LogP contribution in [-0.4, -0.2) is 47.8 Å². The molecule has 26 heavy (non-hydrogen) atoms. The van der Waals surface area contributed by atoms with E-state index in [0.717, 1.165) is 56.8 Å². The van der Waals surface area contributed by atoms with E-state index in [4.69, 9.17) is 0 Å². The Hall–Kier alpha value is -1.98. The zero-order chi connectivity index (χ0) is 18.7. The minimum atomic E-state index is -0.695. The number of nitrogens with zero attached hydrogens (tertiary/aromatic N) is 2. The van der Waals surface area contributed by atoms with Crippen LogP contribution in [0.2, 0.25) is 0 Å². The van der Waals surface area contributed by atoms with Crippen LogP contribution in [0.4, 0.5) is 8.78 Å². The average molecular weight is 364 g/mol. The standard InChI is InChI=1S/C20H26F2N2O2/c1-2-3-10-23-13-20(9-7-18(23)25)8-4-11-24(14-20)19(26)16-12-15(21)5-6-17(16)22/h5-6,12H,2-4,7-11,13-14H2,1H3/t20-/m1/s1. The quantitative estimate of drug-likeness (QED) is 0.819. The van der Waals surface area contributed by atoms with Gasteiger partial charge in [-0.1, -0.05) is 13.3 Å². The van der Waals surface area contributed by atoms with Crippen molar-refractivity contribution in [2.24, 2.45) is 5.41 Å². The second-order valence-electron chi connectivity index (χ2n) is 7.62. The Morgan fingerprint density at radius 3 is 2.81 bits per heavy atom. The van der Waals surface area contributed by atoms with E-state index in [1.165, 1.54) is 0 Å². The lowest BCUT2D eigenvalue weighted by Crippen LogP contribution is -2.55. The van der Waals surface area contributed by atoms with Crippen molar-refractivity contribution in [1.29, 1.82) is 0 Å². The molecule has 1 aromatic rings. The smallest absolute Gasteiger partial charge is 0.256 e. The lowest BCUT2D eigenvalue weighted by atomic mass is 9.73. The molecule has 0 N–H and O–H groups in total. The normalized spacial score (nSPS) is 23.6. The van der Waals surface area contributed by atoms with Gasteiger partial charge in [-0.15, -0.1) is 0 Å². The number of carbonyl (C=O) groups excluding carboxylic acids is 2. The van der Waals surface area contributed by atoms with E-state index in [2.05, 4.69) is 6.92 Å². The Morgan fingerprint density at radius 2 is 2.04 bits per heavy atom. The molecule has 0 aliphatic carbocycles. The molecule has 2 heterocycles. The fraction of sp³-hybridized carbons (Fsp3) is 0.600. The number of rotatable bonds is 4. The maximum Gasteiger partial charge on any atom is 0.256 e. The number of benzene rings is 1. The van der Waals surface area contributed by atoms with Crippen molar-refractivity contribution in [2.75, 3.05) is 26.2 Å². The summed E-state index contributed by atoms with van der Waals surface area (Å²) in [5, 5.41) is 0. The van der Waals surface area contributed by atoms with Crippen LogP contribution in [0.25, 0.3) is 0 Å². The van der Waals surface area contributed by atoms with Gasteiger partial charge in [-0.05, 0) is 43.9 Å². The third kappa shape index (κ3) is 3.89. The molecule has 0 bridgehead atoms. The van der Waals surface area contributed by atoms with Crippen LogP contribution in [-0.2, 0) is 4.79 Å². The third-order valence-electron chi connectivity index (χ3n) is 5.64. The molecule has 6 heteroatoms. The summed E-state index contributed by atoms with van der Waals surface area (Å²) in [5.41, 5.74) is -0.337. The summed E-state index contributed by atoms with van der Waals surface area (Å²) >= 11 is 0. The van der Waals surface area contributed by atoms with Gasteiger partial charge in [-0.25, -0.2) is 8.78 Å². The number of likely N-dealkylation sites (tertiary alicyclic amines) is 2. The van der Waals surface area contributed by atoms with Gasteiger partial charge in [0.2, 0.25) is 5.91 Å². The monoisotopic (exact) mass is 364 g/mol. The maximum atomic E-state index is 14.0. The first-order valence-corrected chi connectivity index (χ1v) is 9.46. The Labute approximate surface area is 153 Å². The minimum absolute atomic E-state index is 0.126. The summed E-state index contributed by atoms with van der Waals surface area (Å²) in [6.45, 7) is 4.54. The molecule has 142 valence electrons. The number of hydrogen-bond donors (Lipinski definition) is 0. The van der Waals surface area contributed by atoms with Gasteiger partial charge in [0.25, 0.3) is 5.91 Å². The molecule has 2 aliphatic heterocycles. The molecular formula is C20H26F2N2O2. The molecule has 2 amide bonds. The molecule has 0 aromatic heterocycles. The van der Waals surface area contributed by atoms with Crippen LogP contribution >= 0.6 is 0 Å². The van der Waals surface area contributed by atoms with E-state index in [9.17, 15) is 18.4 Å². The van der Waals surface area contributed by atoms with Gasteiger partial charge < -0.3 is 9.80 Å². The van der Waals surface area contributed by atoms with Crippen molar-refractivity contribution in [3.8, 4) is 0 Å². The second-order valence-corrected chi connectivity index (χ2v) is 7.62. The largest absolute Gasteiger partial charge is 0.342 e. The number of piperidine rings is 2. The minimum Gasteiger partial charge on any atom is -0.342 e. The number of unbranched alkanes of at least 4 members (excludes halogenated alkanes) is 1. The molecule has 0 radical (unpaired) electrons.